The zero-order valence-corrected chi connectivity index (χ0v) is 14.5. The van der Waals surface area contributed by atoms with Crippen LogP contribution in [0.3, 0.4) is 0 Å². The summed E-state index contributed by atoms with van der Waals surface area (Å²) in [7, 11) is -3.25. The molecule has 122 valence electrons. The van der Waals surface area contributed by atoms with E-state index in [0.29, 0.717) is 13.2 Å². The molecule has 0 aliphatic heterocycles. The van der Waals surface area contributed by atoms with Crippen LogP contribution in [0.25, 0.3) is 0 Å². The van der Waals surface area contributed by atoms with Gasteiger partial charge in [-0.25, -0.2) is 0 Å². The molecule has 0 bridgehead atoms. The fraction of sp³-hybridized carbons (Fsp3) is 0.368. The first-order chi connectivity index (χ1) is 11.2. The van der Waals surface area contributed by atoms with Gasteiger partial charge in [-0.1, -0.05) is 60.7 Å². The first kappa shape index (κ1) is 16.4. The van der Waals surface area contributed by atoms with Crippen LogP contribution in [-0.4, -0.2) is 13.2 Å². The van der Waals surface area contributed by atoms with E-state index >= 15 is 0 Å². The molecular formula is C19H23O3P. The fourth-order valence-electron chi connectivity index (χ4n) is 3.45. The Morgan fingerprint density at radius 1 is 0.957 bits per heavy atom. The Labute approximate surface area is 138 Å². The summed E-state index contributed by atoms with van der Waals surface area (Å²) in [5, 5.41) is -0.568. The van der Waals surface area contributed by atoms with E-state index in [0.717, 1.165) is 12.0 Å². The van der Waals surface area contributed by atoms with E-state index in [2.05, 4.69) is 12.1 Å². The van der Waals surface area contributed by atoms with E-state index in [-0.39, 0.29) is 5.92 Å². The SMILES string of the molecule is CCOP(=O)(OCC)[C@@]1(c2ccccc2)C[C@@H]1c1ccccc1. The molecule has 0 N–H and O–H groups in total. The first-order valence-electron chi connectivity index (χ1n) is 8.17. The molecule has 3 nitrogen and oxygen atoms in total. The van der Waals surface area contributed by atoms with Crippen molar-refractivity contribution in [1.29, 1.82) is 0 Å². The minimum absolute atomic E-state index is 0.162. The lowest BCUT2D eigenvalue weighted by Gasteiger charge is -2.28. The Kier molecular flexibility index (Phi) is 4.72. The van der Waals surface area contributed by atoms with Crippen molar-refractivity contribution < 1.29 is 13.6 Å². The topological polar surface area (TPSA) is 35.5 Å². The molecular weight excluding hydrogens is 307 g/mol. The molecule has 0 saturated heterocycles. The standard InChI is InChI=1S/C19H23O3P/c1-3-21-23(20,22-4-2)19(17-13-9-6-10-14-17)15-18(19)16-11-7-5-8-12-16/h5-14,18H,3-4,15H2,1-2H3/t18-,19-/m1/s1. The molecule has 2 aromatic rings. The van der Waals surface area contributed by atoms with Crippen molar-refractivity contribution in [2.75, 3.05) is 13.2 Å². The van der Waals surface area contributed by atoms with Gasteiger partial charge in [0.1, 0.15) is 5.16 Å². The van der Waals surface area contributed by atoms with Crippen molar-refractivity contribution >= 4 is 7.60 Å². The molecule has 1 aliphatic rings. The maximum absolute atomic E-state index is 13.6. The Hall–Kier alpha value is -1.41. The number of hydrogen-bond acceptors (Lipinski definition) is 3. The van der Waals surface area contributed by atoms with Gasteiger partial charge >= 0.3 is 7.60 Å². The van der Waals surface area contributed by atoms with Crippen molar-refractivity contribution in [3.63, 3.8) is 0 Å². The summed E-state index contributed by atoms with van der Waals surface area (Å²) in [5.41, 5.74) is 2.23. The molecule has 2 aromatic carbocycles. The maximum atomic E-state index is 13.6. The highest BCUT2D eigenvalue weighted by molar-refractivity contribution is 7.55. The summed E-state index contributed by atoms with van der Waals surface area (Å²) in [6.07, 6.45) is 0.790. The molecule has 0 aromatic heterocycles. The average molecular weight is 330 g/mol. The Bertz CT molecular complexity index is 676. The van der Waals surface area contributed by atoms with Crippen LogP contribution in [0.4, 0.5) is 0 Å². The minimum atomic E-state index is -3.25. The molecule has 0 spiro atoms. The lowest BCUT2D eigenvalue weighted by Crippen LogP contribution is -2.15. The second-order valence-corrected chi connectivity index (χ2v) is 8.10. The highest BCUT2D eigenvalue weighted by atomic mass is 31.2. The molecule has 0 unspecified atom stereocenters. The molecule has 2 atom stereocenters. The smallest absolute Gasteiger partial charge is 0.308 e. The van der Waals surface area contributed by atoms with Crippen molar-refractivity contribution in [3.05, 3.63) is 71.8 Å². The summed E-state index contributed by atoms with van der Waals surface area (Å²) in [6, 6.07) is 20.3. The van der Waals surface area contributed by atoms with Gasteiger partial charge in [0.05, 0.1) is 13.2 Å². The molecule has 3 rings (SSSR count). The van der Waals surface area contributed by atoms with Crippen LogP contribution < -0.4 is 0 Å². The van der Waals surface area contributed by atoms with E-state index in [1.54, 1.807) is 0 Å². The summed E-state index contributed by atoms with van der Waals surface area (Å²) >= 11 is 0. The molecule has 1 aliphatic carbocycles. The Balaban J connectivity index is 2.08. The van der Waals surface area contributed by atoms with Crippen LogP contribution in [0.5, 0.6) is 0 Å². The second-order valence-electron chi connectivity index (χ2n) is 5.79. The van der Waals surface area contributed by atoms with Gasteiger partial charge in [-0.3, -0.25) is 4.57 Å². The number of rotatable bonds is 7. The van der Waals surface area contributed by atoms with Crippen LogP contribution in [0.15, 0.2) is 60.7 Å². The third kappa shape index (κ3) is 2.78. The lowest BCUT2D eigenvalue weighted by molar-refractivity contribution is 0.208. The van der Waals surface area contributed by atoms with Crippen LogP contribution in [0.2, 0.25) is 0 Å². The average Bonchev–Trinajstić information content (AvgIpc) is 3.35. The minimum Gasteiger partial charge on any atom is -0.308 e. The van der Waals surface area contributed by atoms with E-state index in [9.17, 15) is 4.57 Å². The van der Waals surface area contributed by atoms with E-state index in [1.807, 2.05) is 62.4 Å². The fourth-order valence-corrected chi connectivity index (χ4v) is 6.06. The van der Waals surface area contributed by atoms with Gasteiger partial charge in [-0.05, 0) is 31.4 Å². The van der Waals surface area contributed by atoms with E-state index < -0.39 is 12.8 Å². The molecule has 0 amide bonds. The third-order valence-corrected chi connectivity index (χ3v) is 7.42. The second kappa shape index (κ2) is 6.60. The van der Waals surface area contributed by atoms with Gasteiger partial charge in [0.2, 0.25) is 0 Å². The summed E-state index contributed by atoms with van der Waals surface area (Å²) in [6.45, 7) is 4.50. The van der Waals surface area contributed by atoms with Crippen LogP contribution >= 0.6 is 7.60 Å². The number of benzene rings is 2. The van der Waals surface area contributed by atoms with E-state index in [1.165, 1.54) is 5.56 Å². The van der Waals surface area contributed by atoms with E-state index in [4.69, 9.17) is 9.05 Å². The predicted molar refractivity (Wildman–Crippen MR) is 92.8 cm³/mol. The molecule has 0 radical (unpaired) electrons. The van der Waals surface area contributed by atoms with Crippen molar-refractivity contribution in [1.82, 2.24) is 0 Å². The maximum Gasteiger partial charge on any atom is 0.341 e. The zero-order chi connectivity index (χ0) is 16.3. The molecule has 0 heterocycles. The largest absolute Gasteiger partial charge is 0.341 e. The Morgan fingerprint density at radius 3 is 2.00 bits per heavy atom. The van der Waals surface area contributed by atoms with Crippen molar-refractivity contribution in [3.8, 4) is 0 Å². The summed E-state index contributed by atoms with van der Waals surface area (Å²) in [4.78, 5) is 0. The highest BCUT2D eigenvalue weighted by Crippen LogP contribution is 2.82. The molecule has 23 heavy (non-hydrogen) atoms. The van der Waals surface area contributed by atoms with Gasteiger partial charge in [-0.15, -0.1) is 0 Å². The van der Waals surface area contributed by atoms with Gasteiger partial charge in [0.25, 0.3) is 0 Å². The van der Waals surface area contributed by atoms with Gasteiger partial charge in [0.15, 0.2) is 0 Å². The predicted octanol–water partition coefficient (Wildman–Crippen LogP) is 5.34. The van der Waals surface area contributed by atoms with Gasteiger partial charge in [-0.2, -0.15) is 0 Å². The summed E-state index contributed by atoms with van der Waals surface area (Å²) in [5.74, 6) is 0.162. The van der Waals surface area contributed by atoms with Crippen LogP contribution in [-0.2, 0) is 18.8 Å². The molecule has 1 saturated carbocycles. The molecule has 1 fully saturated rings. The van der Waals surface area contributed by atoms with Crippen molar-refractivity contribution in [2.24, 2.45) is 0 Å². The van der Waals surface area contributed by atoms with Gasteiger partial charge in [0, 0.05) is 5.92 Å². The quantitative estimate of drug-likeness (QED) is 0.643. The third-order valence-electron chi connectivity index (χ3n) is 4.49. The van der Waals surface area contributed by atoms with Crippen LogP contribution in [0, 0.1) is 0 Å². The Morgan fingerprint density at radius 2 is 1.48 bits per heavy atom. The zero-order valence-electron chi connectivity index (χ0n) is 13.6. The normalized spacial score (nSPS) is 23.7. The lowest BCUT2D eigenvalue weighted by atomic mass is 10.0. The van der Waals surface area contributed by atoms with Gasteiger partial charge < -0.3 is 9.05 Å². The highest BCUT2D eigenvalue weighted by Gasteiger charge is 2.69. The molecule has 4 heteroatoms. The van der Waals surface area contributed by atoms with Crippen LogP contribution in [0.1, 0.15) is 37.3 Å². The monoisotopic (exact) mass is 330 g/mol. The summed E-state index contributed by atoms with van der Waals surface area (Å²) < 4.78 is 25.1. The number of hydrogen-bond donors (Lipinski definition) is 0. The van der Waals surface area contributed by atoms with Crippen molar-refractivity contribution in [2.45, 2.75) is 31.3 Å². The first-order valence-corrected chi connectivity index (χ1v) is 9.72.